The van der Waals surface area contributed by atoms with E-state index < -0.39 is 6.10 Å². The molecule has 0 rings (SSSR count). The zero-order valence-corrected chi connectivity index (χ0v) is 54.8. The summed E-state index contributed by atoms with van der Waals surface area (Å²) in [6.45, 7) is 6.70. The third-order valence-electron chi connectivity index (χ3n) is 16.6. The van der Waals surface area contributed by atoms with Crippen molar-refractivity contribution in [2.75, 3.05) is 13.2 Å². The molecule has 1 atom stereocenters. The van der Waals surface area contributed by atoms with Gasteiger partial charge in [-0.15, -0.1) is 0 Å². The summed E-state index contributed by atoms with van der Waals surface area (Å²) in [6, 6.07) is 0. The van der Waals surface area contributed by atoms with E-state index in [1.54, 1.807) is 0 Å². The van der Waals surface area contributed by atoms with Gasteiger partial charge in [0.15, 0.2) is 6.10 Å². The molecule has 0 aliphatic rings. The normalized spacial score (nSPS) is 12.2. The van der Waals surface area contributed by atoms with Crippen molar-refractivity contribution in [1.29, 1.82) is 0 Å². The number of rotatable bonds is 68. The van der Waals surface area contributed by atoms with Crippen LogP contribution in [0.25, 0.3) is 0 Å². The molecule has 0 aromatic rings. The Morgan fingerprint density at radius 2 is 0.444 bits per heavy atom. The van der Waals surface area contributed by atoms with Crippen LogP contribution in [0.3, 0.4) is 0 Å². The number of carbonyl (C=O) groups is 3. The van der Waals surface area contributed by atoms with E-state index in [1.807, 2.05) is 0 Å². The molecule has 0 aliphatic carbocycles. The molecule has 0 aliphatic heterocycles. The third kappa shape index (κ3) is 68.3. The lowest BCUT2D eigenvalue weighted by Gasteiger charge is -2.18. The Morgan fingerprint density at radius 1 is 0.247 bits per heavy atom. The molecule has 6 nitrogen and oxygen atoms in total. The smallest absolute Gasteiger partial charge is 0.306 e. The van der Waals surface area contributed by atoms with Gasteiger partial charge in [-0.05, 0) is 77.0 Å². The molecular formula is C75H140O6. The summed E-state index contributed by atoms with van der Waals surface area (Å²) < 4.78 is 17.0. The van der Waals surface area contributed by atoms with E-state index in [2.05, 4.69) is 57.2 Å². The maximum Gasteiger partial charge on any atom is 0.306 e. The van der Waals surface area contributed by atoms with Crippen LogP contribution in [0.5, 0.6) is 0 Å². The zero-order valence-electron chi connectivity index (χ0n) is 54.8. The van der Waals surface area contributed by atoms with E-state index >= 15 is 0 Å². The molecule has 0 aromatic carbocycles. The molecule has 0 saturated heterocycles. The molecule has 0 spiro atoms. The van der Waals surface area contributed by atoms with Gasteiger partial charge in [-0.1, -0.05) is 346 Å². The van der Waals surface area contributed by atoms with Gasteiger partial charge in [-0.3, -0.25) is 14.4 Å². The van der Waals surface area contributed by atoms with Crippen LogP contribution in [0.4, 0.5) is 0 Å². The van der Waals surface area contributed by atoms with Crippen LogP contribution in [-0.2, 0) is 28.6 Å². The minimum atomic E-state index is -0.774. The highest BCUT2D eigenvalue weighted by Gasteiger charge is 2.19. The van der Waals surface area contributed by atoms with Crippen LogP contribution in [0.15, 0.2) is 36.5 Å². The molecule has 0 fully saturated rings. The molecule has 6 heteroatoms. The molecule has 81 heavy (non-hydrogen) atoms. The molecule has 0 aromatic heterocycles. The molecule has 476 valence electrons. The first-order chi connectivity index (χ1) is 40.0. The number of allylic oxidation sites excluding steroid dienone is 6. The number of hydrogen-bond donors (Lipinski definition) is 0. The molecule has 0 radical (unpaired) electrons. The van der Waals surface area contributed by atoms with Gasteiger partial charge in [-0.2, -0.15) is 0 Å². The van der Waals surface area contributed by atoms with Crippen molar-refractivity contribution in [2.24, 2.45) is 0 Å². The average Bonchev–Trinajstić information content (AvgIpc) is 3.47. The highest BCUT2D eigenvalue weighted by molar-refractivity contribution is 5.71. The number of esters is 3. The lowest BCUT2D eigenvalue weighted by molar-refractivity contribution is -0.167. The third-order valence-corrected chi connectivity index (χ3v) is 16.6. The first-order valence-electron chi connectivity index (χ1n) is 36.5. The summed E-state index contributed by atoms with van der Waals surface area (Å²) in [5.41, 5.74) is 0. The molecular weight excluding hydrogens is 997 g/mol. The molecule has 0 heterocycles. The van der Waals surface area contributed by atoms with Gasteiger partial charge in [0.05, 0.1) is 0 Å². The van der Waals surface area contributed by atoms with E-state index in [0.717, 1.165) is 70.6 Å². The van der Waals surface area contributed by atoms with E-state index in [9.17, 15) is 14.4 Å². The van der Waals surface area contributed by atoms with Crippen molar-refractivity contribution in [1.82, 2.24) is 0 Å². The molecule has 0 N–H and O–H groups in total. The van der Waals surface area contributed by atoms with Gasteiger partial charge in [0.25, 0.3) is 0 Å². The lowest BCUT2D eigenvalue weighted by atomic mass is 10.0. The van der Waals surface area contributed by atoms with Crippen molar-refractivity contribution in [3.8, 4) is 0 Å². The quantitative estimate of drug-likeness (QED) is 0.0261. The Hall–Kier alpha value is -2.37. The fourth-order valence-electron chi connectivity index (χ4n) is 11.1. The minimum Gasteiger partial charge on any atom is -0.462 e. The SMILES string of the molecule is CCCCCCC/C=C\C/C=C\CCCCCCCCCCCCCCCCCC(=O)OCC(COC(=O)CCCCCCC/C=C\CCCCCCCC)OC(=O)CCCCCCCCCCCCCCCCCCCCCCC. The summed E-state index contributed by atoms with van der Waals surface area (Å²) >= 11 is 0. The van der Waals surface area contributed by atoms with Crippen LogP contribution in [0.1, 0.15) is 406 Å². The van der Waals surface area contributed by atoms with Crippen LogP contribution >= 0.6 is 0 Å². The van der Waals surface area contributed by atoms with Crippen LogP contribution in [0.2, 0.25) is 0 Å². The zero-order chi connectivity index (χ0) is 58.5. The first-order valence-corrected chi connectivity index (χ1v) is 36.5. The second kappa shape index (κ2) is 70.1. The predicted octanol–water partition coefficient (Wildman–Crippen LogP) is 25.1. The largest absolute Gasteiger partial charge is 0.462 e. The fourth-order valence-corrected chi connectivity index (χ4v) is 11.1. The summed E-state index contributed by atoms with van der Waals surface area (Å²) in [6.07, 6.45) is 87.5. The highest BCUT2D eigenvalue weighted by Crippen LogP contribution is 2.19. The maximum atomic E-state index is 13.0. The van der Waals surface area contributed by atoms with Crippen molar-refractivity contribution >= 4 is 17.9 Å². The predicted molar refractivity (Wildman–Crippen MR) is 353 cm³/mol. The Bertz CT molecular complexity index is 1350. The standard InChI is InChI=1S/C75H140O6/c1-4-7-10-13-16-19-22-25-28-30-32-34-35-36-37-38-39-41-42-44-47-50-53-56-59-62-65-68-74(77)80-71-72(70-79-73(76)67-64-61-58-55-52-49-46-27-24-21-18-15-12-9-6-3)81-75(78)69-66-63-60-57-54-51-48-45-43-40-33-31-29-26-23-20-17-14-11-8-5-2/h22,25,27,30,32,46,72H,4-21,23-24,26,28-29,31,33-45,47-71H2,1-3H3/b25-22-,32-30-,46-27-. The van der Waals surface area contributed by atoms with Crippen molar-refractivity contribution < 1.29 is 28.6 Å². The van der Waals surface area contributed by atoms with E-state index in [4.69, 9.17) is 14.2 Å². The Balaban J connectivity index is 4.24. The van der Waals surface area contributed by atoms with Gasteiger partial charge >= 0.3 is 17.9 Å². The van der Waals surface area contributed by atoms with Crippen LogP contribution in [0, 0.1) is 0 Å². The summed E-state index contributed by atoms with van der Waals surface area (Å²) in [5.74, 6) is -0.846. The number of hydrogen-bond acceptors (Lipinski definition) is 6. The van der Waals surface area contributed by atoms with Gasteiger partial charge in [-0.25, -0.2) is 0 Å². The van der Waals surface area contributed by atoms with E-state index in [-0.39, 0.29) is 31.1 Å². The lowest BCUT2D eigenvalue weighted by Crippen LogP contribution is -2.30. The summed E-state index contributed by atoms with van der Waals surface area (Å²) in [5, 5.41) is 0. The Morgan fingerprint density at radius 3 is 0.691 bits per heavy atom. The van der Waals surface area contributed by atoms with Gasteiger partial charge in [0.2, 0.25) is 0 Å². The van der Waals surface area contributed by atoms with Crippen molar-refractivity contribution in [3.63, 3.8) is 0 Å². The van der Waals surface area contributed by atoms with Crippen molar-refractivity contribution in [2.45, 2.75) is 412 Å². The maximum absolute atomic E-state index is 13.0. The van der Waals surface area contributed by atoms with Crippen molar-refractivity contribution in [3.05, 3.63) is 36.5 Å². The fraction of sp³-hybridized carbons (Fsp3) is 0.880. The van der Waals surface area contributed by atoms with Crippen LogP contribution in [-0.4, -0.2) is 37.2 Å². The number of carbonyl (C=O) groups excluding carboxylic acids is 3. The second-order valence-electron chi connectivity index (χ2n) is 24.9. The second-order valence-corrected chi connectivity index (χ2v) is 24.9. The van der Waals surface area contributed by atoms with E-state index in [0.29, 0.717) is 19.3 Å². The number of unbranched alkanes of at least 4 members (excludes halogenated alkanes) is 51. The molecule has 0 saturated carbocycles. The topological polar surface area (TPSA) is 78.9 Å². The Labute approximate surface area is 506 Å². The Kier molecular flexibility index (Phi) is 68.1. The summed E-state index contributed by atoms with van der Waals surface area (Å²) in [4.78, 5) is 38.5. The van der Waals surface area contributed by atoms with Gasteiger partial charge in [0, 0.05) is 19.3 Å². The highest BCUT2D eigenvalue weighted by atomic mass is 16.6. The van der Waals surface area contributed by atoms with E-state index in [1.165, 1.54) is 295 Å². The van der Waals surface area contributed by atoms with Gasteiger partial charge in [0.1, 0.15) is 13.2 Å². The average molecular weight is 1140 g/mol. The minimum absolute atomic E-state index is 0.0692. The number of ether oxygens (including phenoxy) is 3. The van der Waals surface area contributed by atoms with Gasteiger partial charge < -0.3 is 14.2 Å². The molecule has 1 unspecified atom stereocenters. The summed E-state index contributed by atoms with van der Waals surface area (Å²) in [7, 11) is 0. The first kappa shape index (κ1) is 78.6. The van der Waals surface area contributed by atoms with Crippen LogP contribution < -0.4 is 0 Å². The molecule has 0 bridgehead atoms. The monoisotopic (exact) mass is 1140 g/mol. The molecule has 0 amide bonds.